The summed E-state index contributed by atoms with van der Waals surface area (Å²) in [6, 6.07) is 15.2. The molecule has 3 nitrogen and oxygen atoms in total. The predicted molar refractivity (Wildman–Crippen MR) is 80.8 cm³/mol. The Morgan fingerprint density at radius 3 is 2.43 bits per heavy atom. The van der Waals surface area contributed by atoms with Crippen LogP contribution in [0.25, 0.3) is 0 Å². The first-order valence-corrected chi connectivity index (χ1v) is 7.09. The average Bonchev–Trinajstić information content (AvgIpc) is 2.53. The van der Waals surface area contributed by atoms with Crippen molar-refractivity contribution >= 4 is 5.78 Å². The van der Waals surface area contributed by atoms with Crippen molar-refractivity contribution in [2.75, 3.05) is 7.11 Å². The molecule has 108 valence electrons. The van der Waals surface area contributed by atoms with Crippen LogP contribution in [-0.2, 0) is 4.79 Å². The van der Waals surface area contributed by atoms with Crippen LogP contribution in [0.1, 0.15) is 29.9 Å². The molecule has 0 spiro atoms. The van der Waals surface area contributed by atoms with E-state index in [9.17, 15) is 9.90 Å². The number of methoxy groups -OCH3 is 1. The number of carbonyl (C=O) groups excluding carboxylic acids is 1. The SMILES string of the molecule is COc1cc([C@H]2[C@H](C)C(=O)[C@@H]2c2ccccc2)ccc1O. The van der Waals surface area contributed by atoms with Crippen LogP contribution in [-0.4, -0.2) is 18.0 Å². The van der Waals surface area contributed by atoms with Crippen molar-refractivity contribution in [3.05, 3.63) is 59.7 Å². The minimum atomic E-state index is -0.101. The fourth-order valence-corrected chi connectivity index (χ4v) is 3.22. The number of ketones is 1. The van der Waals surface area contributed by atoms with Gasteiger partial charge < -0.3 is 9.84 Å². The molecule has 1 N–H and O–H groups in total. The second-order valence-corrected chi connectivity index (χ2v) is 5.54. The van der Waals surface area contributed by atoms with Crippen molar-refractivity contribution in [1.82, 2.24) is 0 Å². The maximum absolute atomic E-state index is 12.3. The molecule has 0 aliphatic heterocycles. The first kappa shape index (κ1) is 13.7. The van der Waals surface area contributed by atoms with Crippen molar-refractivity contribution in [2.24, 2.45) is 5.92 Å². The van der Waals surface area contributed by atoms with Gasteiger partial charge in [0.15, 0.2) is 11.5 Å². The summed E-state index contributed by atoms with van der Waals surface area (Å²) in [4.78, 5) is 12.3. The molecule has 1 fully saturated rings. The summed E-state index contributed by atoms with van der Waals surface area (Å²) in [6.07, 6.45) is 0. The van der Waals surface area contributed by atoms with Crippen LogP contribution in [0.15, 0.2) is 48.5 Å². The Hall–Kier alpha value is -2.29. The molecule has 0 bridgehead atoms. The van der Waals surface area contributed by atoms with Crippen molar-refractivity contribution in [2.45, 2.75) is 18.8 Å². The van der Waals surface area contributed by atoms with Crippen LogP contribution in [0.2, 0.25) is 0 Å². The number of phenols is 1. The topological polar surface area (TPSA) is 46.5 Å². The van der Waals surface area contributed by atoms with E-state index in [-0.39, 0.29) is 29.3 Å². The fourth-order valence-electron chi connectivity index (χ4n) is 3.22. The molecule has 1 aliphatic rings. The van der Waals surface area contributed by atoms with E-state index in [1.54, 1.807) is 6.07 Å². The van der Waals surface area contributed by atoms with Gasteiger partial charge in [-0.05, 0) is 23.3 Å². The van der Waals surface area contributed by atoms with Gasteiger partial charge in [0.1, 0.15) is 5.78 Å². The van der Waals surface area contributed by atoms with Gasteiger partial charge >= 0.3 is 0 Å². The Labute approximate surface area is 124 Å². The molecule has 0 heterocycles. The highest BCUT2D eigenvalue weighted by molar-refractivity contribution is 5.96. The summed E-state index contributed by atoms with van der Waals surface area (Å²) in [5.41, 5.74) is 2.09. The smallest absolute Gasteiger partial charge is 0.160 e. The highest BCUT2D eigenvalue weighted by Gasteiger charge is 2.48. The van der Waals surface area contributed by atoms with Crippen LogP contribution in [0, 0.1) is 5.92 Å². The largest absolute Gasteiger partial charge is 0.504 e. The summed E-state index contributed by atoms with van der Waals surface area (Å²) in [6.45, 7) is 1.96. The molecular weight excluding hydrogens is 264 g/mol. The number of carbonyl (C=O) groups is 1. The maximum atomic E-state index is 12.3. The Balaban J connectivity index is 1.98. The molecule has 0 saturated heterocycles. The monoisotopic (exact) mass is 282 g/mol. The van der Waals surface area contributed by atoms with Crippen LogP contribution in [0.3, 0.4) is 0 Å². The zero-order valence-corrected chi connectivity index (χ0v) is 12.1. The predicted octanol–water partition coefficient (Wildman–Crippen LogP) is 3.49. The molecule has 0 amide bonds. The molecule has 3 heteroatoms. The highest BCUT2D eigenvalue weighted by Crippen LogP contribution is 2.51. The molecule has 1 aliphatic carbocycles. The average molecular weight is 282 g/mol. The van der Waals surface area contributed by atoms with Gasteiger partial charge in [0, 0.05) is 11.8 Å². The number of Topliss-reactive ketones (excluding diaryl/α,β-unsaturated/α-hetero) is 1. The van der Waals surface area contributed by atoms with Gasteiger partial charge in [-0.2, -0.15) is 0 Å². The molecule has 0 unspecified atom stereocenters. The summed E-state index contributed by atoms with van der Waals surface area (Å²) in [7, 11) is 1.53. The zero-order chi connectivity index (χ0) is 15.0. The summed E-state index contributed by atoms with van der Waals surface area (Å²) < 4.78 is 5.17. The number of ether oxygens (including phenoxy) is 1. The molecule has 1 saturated carbocycles. The lowest BCUT2D eigenvalue weighted by Crippen LogP contribution is -2.42. The number of benzene rings is 2. The van der Waals surface area contributed by atoms with Crippen LogP contribution >= 0.6 is 0 Å². The van der Waals surface area contributed by atoms with Crippen molar-refractivity contribution < 1.29 is 14.6 Å². The minimum absolute atomic E-state index is 0.00976. The summed E-state index contributed by atoms with van der Waals surface area (Å²) in [5.74, 6) is 0.870. The van der Waals surface area contributed by atoms with E-state index < -0.39 is 0 Å². The summed E-state index contributed by atoms with van der Waals surface area (Å²) in [5, 5.41) is 9.72. The normalized spacial score (nSPS) is 24.5. The lowest BCUT2D eigenvalue weighted by molar-refractivity contribution is -0.132. The third kappa shape index (κ3) is 2.19. The molecule has 2 aromatic carbocycles. The van der Waals surface area contributed by atoms with E-state index in [0.29, 0.717) is 5.75 Å². The van der Waals surface area contributed by atoms with Crippen molar-refractivity contribution in [3.63, 3.8) is 0 Å². The third-order valence-corrected chi connectivity index (χ3v) is 4.40. The quantitative estimate of drug-likeness (QED) is 0.937. The first-order chi connectivity index (χ1) is 10.1. The Morgan fingerprint density at radius 1 is 1.05 bits per heavy atom. The van der Waals surface area contributed by atoms with Gasteiger partial charge in [-0.3, -0.25) is 4.79 Å². The number of hydrogen-bond acceptors (Lipinski definition) is 3. The van der Waals surface area contributed by atoms with E-state index in [1.807, 2.05) is 49.4 Å². The van der Waals surface area contributed by atoms with Crippen LogP contribution in [0.4, 0.5) is 0 Å². The van der Waals surface area contributed by atoms with E-state index >= 15 is 0 Å². The molecule has 0 radical (unpaired) electrons. The minimum Gasteiger partial charge on any atom is -0.504 e. The number of rotatable bonds is 3. The van der Waals surface area contributed by atoms with E-state index in [0.717, 1.165) is 11.1 Å². The molecule has 3 rings (SSSR count). The van der Waals surface area contributed by atoms with Gasteiger partial charge in [-0.1, -0.05) is 43.3 Å². The van der Waals surface area contributed by atoms with Gasteiger partial charge in [0.25, 0.3) is 0 Å². The maximum Gasteiger partial charge on any atom is 0.160 e. The van der Waals surface area contributed by atoms with Gasteiger partial charge in [-0.15, -0.1) is 0 Å². The summed E-state index contributed by atoms with van der Waals surface area (Å²) >= 11 is 0. The Bertz CT molecular complexity index is 663. The molecule has 2 aromatic rings. The van der Waals surface area contributed by atoms with E-state index in [1.165, 1.54) is 7.11 Å². The van der Waals surface area contributed by atoms with Crippen LogP contribution in [0.5, 0.6) is 11.5 Å². The fraction of sp³-hybridized carbons (Fsp3) is 0.278. The second-order valence-electron chi connectivity index (χ2n) is 5.54. The number of phenolic OH excluding ortho intramolecular Hbond substituents is 1. The molecular formula is C18H18O3. The lowest BCUT2D eigenvalue weighted by atomic mass is 9.59. The van der Waals surface area contributed by atoms with Gasteiger partial charge in [0.2, 0.25) is 0 Å². The Morgan fingerprint density at radius 2 is 1.76 bits per heavy atom. The van der Waals surface area contributed by atoms with Gasteiger partial charge in [0.05, 0.1) is 13.0 Å². The van der Waals surface area contributed by atoms with Crippen molar-refractivity contribution in [1.29, 1.82) is 0 Å². The molecule has 0 aromatic heterocycles. The van der Waals surface area contributed by atoms with E-state index in [4.69, 9.17) is 4.74 Å². The van der Waals surface area contributed by atoms with Gasteiger partial charge in [-0.25, -0.2) is 0 Å². The first-order valence-electron chi connectivity index (χ1n) is 7.09. The second kappa shape index (κ2) is 5.24. The number of hydrogen-bond donors (Lipinski definition) is 1. The molecule has 21 heavy (non-hydrogen) atoms. The molecule has 3 atom stereocenters. The van der Waals surface area contributed by atoms with Crippen LogP contribution < -0.4 is 4.74 Å². The highest BCUT2D eigenvalue weighted by atomic mass is 16.5. The zero-order valence-electron chi connectivity index (χ0n) is 12.1. The van der Waals surface area contributed by atoms with Crippen molar-refractivity contribution in [3.8, 4) is 11.5 Å². The Kier molecular flexibility index (Phi) is 3.42. The third-order valence-electron chi connectivity index (χ3n) is 4.40. The standard InChI is InChI=1S/C18H18O3/c1-11-16(13-8-9-14(19)15(10-13)21-2)17(18(11)20)12-6-4-3-5-7-12/h3-11,16-17,19H,1-2H3/t11-,16+,17+/m0/s1. The van der Waals surface area contributed by atoms with E-state index in [2.05, 4.69) is 0 Å². The lowest BCUT2D eigenvalue weighted by Gasteiger charge is -2.42. The number of aromatic hydroxyl groups is 1.